The van der Waals surface area contributed by atoms with E-state index < -0.39 is 33.4 Å². The van der Waals surface area contributed by atoms with Crippen molar-refractivity contribution in [2.75, 3.05) is 19.7 Å². The Morgan fingerprint density at radius 3 is 2.96 bits per heavy atom. The van der Waals surface area contributed by atoms with Crippen molar-refractivity contribution < 1.29 is 23.9 Å². The molecule has 134 valence electrons. The van der Waals surface area contributed by atoms with Crippen molar-refractivity contribution in [3.8, 4) is 0 Å². The largest absolute Gasteiger partial charge is 0.463 e. The summed E-state index contributed by atoms with van der Waals surface area (Å²) in [5, 5.41) is 1.32. The van der Waals surface area contributed by atoms with E-state index in [0.717, 1.165) is 6.42 Å². The van der Waals surface area contributed by atoms with Crippen molar-refractivity contribution >= 4 is 29.3 Å². The van der Waals surface area contributed by atoms with E-state index in [1.807, 2.05) is 23.3 Å². The van der Waals surface area contributed by atoms with Crippen LogP contribution in [0.5, 0.6) is 0 Å². The van der Waals surface area contributed by atoms with Gasteiger partial charge >= 0.3 is 5.97 Å². The Kier molecular flexibility index (Phi) is 2.92. The van der Waals surface area contributed by atoms with Crippen LogP contribution < -0.4 is 0 Å². The molecular weight excluding hydrogens is 342 g/mol. The zero-order valence-corrected chi connectivity index (χ0v) is 15.2. The summed E-state index contributed by atoms with van der Waals surface area (Å²) in [7, 11) is 0. The number of hydrogen-bond donors (Lipinski definition) is 0. The quantitative estimate of drug-likeness (QED) is 0.552. The third kappa shape index (κ3) is 1.25. The summed E-state index contributed by atoms with van der Waals surface area (Å²) in [6.07, 6.45) is 3.95. The summed E-state index contributed by atoms with van der Waals surface area (Å²) in [5.74, 6) is -0.728. The Balaban J connectivity index is 1.83. The highest BCUT2D eigenvalue weighted by Crippen LogP contribution is 2.77. The van der Waals surface area contributed by atoms with E-state index in [2.05, 4.69) is 0 Å². The molecule has 5 aliphatic rings. The van der Waals surface area contributed by atoms with Gasteiger partial charge in [-0.25, -0.2) is 4.79 Å². The van der Waals surface area contributed by atoms with Gasteiger partial charge in [-0.2, -0.15) is 0 Å². The first kappa shape index (κ1) is 16.0. The predicted octanol–water partition coefficient (Wildman–Crippen LogP) is 1.29. The van der Waals surface area contributed by atoms with Crippen molar-refractivity contribution in [1.82, 2.24) is 4.90 Å². The van der Waals surface area contributed by atoms with Crippen molar-refractivity contribution in [3.05, 3.63) is 11.5 Å². The molecule has 4 saturated heterocycles. The van der Waals surface area contributed by atoms with Gasteiger partial charge in [0.15, 0.2) is 17.3 Å². The maximum absolute atomic E-state index is 13.7. The number of Topliss-reactive ketones (excluding diaryl/α,β-unsaturated/α-hetero) is 2. The molecular formula is C18H21NO5S. The van der Waals surface area contributed by atoms with Gasteiger partial charge in [-0.1, -0.05) is 13.0 Å². The van der Waals surface area contributed by atoms with E-state index >= 15 is 0 Å². The first-order valence-electron chi connectivity index (χ1n) is 9.02. The molecule has 0 aromatic rings. The molecule has 4 fully saturated rings. The Labute approximate surface area is 150 Å². The van der Waals surface area contributed by atoms with Gasteiger partial charge in [-0.3, -0.25) is 14.5 Å². The lowest BCUT2D eigenvalue weighted by Gasteiger charge is -2.55. The SMILES string of the molecule is CCOC(=O)[C@]12O[C@]34N(CCC[C@]3(CC)C1=O)CC(=O)[C@]41C=CSC21. The highest BCUT2D eigenvalue weighted by molar-refractivity contribution is 8.03. The molecule has 0 saturated carbocycles. The summed E-state index contributed by atoms with van der Waals surface area (Å²) in [6, 6.07) is 0. The summed E-state index contributed by atoms with van der Waals surface area (Å²) in [6.45, 7) is 4.87. The lowest BCUT2D eigenvalue weighted by molar-refractivity contribution is -0.214. The maximum Gasteiger partial charge on any atom is 0.347 e. The minimum atomic E-state index is -1.67. The van der Waals surface area contributed by atoms with Crippen LogP contribution in [0.25, 0.3) is 0 Å². The van der Waals surface area contributed by atoms with Crippen LogP contribution in [0.4, 0.5) is 0 Å². The molecule has 0 N–H and O–H groups in total. The topological polar surface area (TPSA) is 72.9 Å². The number of hydrogen-bond acceptors (Lipinski definition) is 7. The van der Waals surface area contributed by atoms with Crippen LogP contribution >= 0.6 is 11.8 Å². The number of carbonyl (C=O) groups excluding carboxylic acids is 3. The number of ether oxygens (including phenoxy) is 2. The van der Waals surface area contributed by atoms with Gasteiger partial charge in [0.25, 0.3) is 0 Å². The van der Waals surface area contributed by atoms with Crippen LogP contribution in [0, 0.1) is 10.8 Å². The summed E-state index contributed by atoms with van der Waals surface area (Å²) in [4.78, 5) is 42.0. The molecule has 7 heteroatoms. The smallest absolute Gasteiger partial charge is 0.347 e. The van der Waals surface area contributed by atoms with Crippen LogP contribution in [-0.2, 0) is 23.9 Å². The fraction of sp³-hybridized carbons (Fsp3) is 0.722. The second-order valence-electron chi connectivity index (χ2n) is 7.60. The van der Waals surface area contributed by atoms with E-state index in [9.17, 15) is 14.4 Å². The first-order chi connectivity index (χ1) is 12.0. The molecule has 25 heavy (non-hydrogen) atoms. The Hall–Kier alpha value is -1.18. The van der Waals surface area contributed by atoms with Crippen molar-refractivity contribution in [2.45, 2.75) is 49.7 Å². The minimum absolute atomic E-state index is 0.0668. The van der Waals surface area contributed by atoms with Crippen LogP contribution in [-0.4, -0.2) is 58.7 Å². The molecule has 2 bridgehead atoms. The van der Waals surface area contributed by atoms with Gasteiger partial charge in [0.05, 0.1) is 23.8 Å². The summed E-state index contributed by atoms with van der Waals surface area (Å²) in [5.41, 5.74) is -4.44. The zero-order valence-electron chi connectivity index (χ0n) is 14.4. The summed E-state index contributed by atoms with van der Waals surface area (Å²) < 4.78 is 11.8. The normalized spacial score (nSPS) is 49.6. The molecule has 0 amide bonds. The van der Waals surface area contributed by atoms with E-state index in [-0.39, 0.29) is 24.7 Å². The number of carbonyl (C=O) groups is 3. The highest BCUT2D eigenvalue weighted by Gasteiger charge is 2.94. The zero-order chi connectivity index (χ0) is 17.7. The number of rotatable bonds is 3. The molecule has 5 atom stereocenters. The Bertz CT molecular complexity index is 752. The van der Waals surface area contributed by atoms with Gasteiger partial charge in [0, 0.05) is 6.54 Å². The van der Waals surface area contributed by atoms with Crippen molar-refractivity contribution in [3.63, 3.8) is 0 Å². The molecule has 0 radical (unpaired) electrons. The average Bonchev–Trinajstić information content (AvgIpc) is 3.26. The number of ketones is 2. The molecule has 5 heterocycles. The molecule has 1 unspecified atom stereocenters. The average molecular weight is 363 g/mol. The van der Waals surface area contributed by atoms with Crippen molar-refractivity contribution in [2.24, 2.45) is 10.8 Å². The van der Waals surface area contributed by atoms with Gasteiger partial charge in [0.1, 0.15) is 5.41 Å². The fourth-order valence-electron chi connectivity index (χ4n) is 6.29. The highest BCUT2D eigenvalue weighted by atomic mass is 32.2. The third-order valence-corrected chi connectivity index (χ3v) is 8.34. The lowest BCUT2D eigenvalue weighted by Crippen LogP contribution is -2.71. The number of fused-ring (bicyclic) bond motifs is 2. The molecule has 0 aromatic carbocycles. The monoisotopic (exact) mass is 363 g/mol. The van der Waals surface area contributed by atoms with Crippen LogP contribution in [0.2, 0.25) is 0 Å². The fourth-order valence-corrected chi connectivity index (χ4v) is 7.76. The van der Waals surface area contributed by atoms with E-state index in [0.29, 0.717) is 19.4 Å². The van der Waals surface area contributed by atoms with E-state index in [1.165, 1.54) is 11.8 Å². The number of thioether (sulfide) groups is 1. The van der Waals surface area contributed by atoms with Crippen LogP contribution in [0.15, 0.2) is 11.5 Å². The second kappa shape index (κ2) is 4.56. The molecule has 5 rings (SSSR count). The third-order valence-electron chi connectivity index (χ3n) is 7.07. The van der Waals surface area contributed by atoms with Gasteiger partial charge in [-0.05, 0) is 31.6 Å². The standard InChI is InChI=1S/C18H21NO5S/c1-3-15-6-5-8-19-10-11(20)16-7-9-25-13(16)17(12(15)21,14(22)23-4-2)24-18(15,16)19/h7,9,13H,3-6,8,10H2,1-2H3/t13?,15-,16+,17+,18-/m1/s1. The van der Waals surface area contributed by atoms with Gasteiger partial charge in [0.2, 0.25) is 5.60 Å². The molecule has 6 nitrogen and oxygen atoms in total. The molecule has 0 aromatic heterocycles. The van der Waals surface area contributed by atoms with Gasteiger partial charge in [-0.15, -0.1) is 11.8 Å². The van der Waals surface area contributed by atoms with Gasteiger partial charge < -0.3 is 9.47 Å². The molecule has 5 aliphatic heterocycles. The lowest BCUT2D eigenvalue weighted by atomic mass is 9.51. The molecule has 0 aliphatic carbocycles. The minimum Gasteiger partial charge on any atom is -0.463 e. The van der Waals surface area contributed by atoms with Crippen LogP contribution in [0.1, 0.15) is 33.1 Å². The maximum atomic E-state index is 13.7. The summed E-state index contributed by atoms with van der Waals surface area (Å²) >= 11 is 1.37. The number of esters is 1. The molecule has 2 spiro atoms. The van der Waals surface area contributed by atoms with E-state index in [4.69, 9.17) is 9.47 Å². The number of piperidine rings is 1. The first-order valence-corrected chi connectivity index (χ1v) is 9.96. The van der Waals surface area contributed by atoms with Crippen LogP contribution in [0.3, 0.4) is 0 Å². The van der Waals surface area contributed by atoms with E-state index in [1.54, 1.807) is 6.92 Å². The predicted molar refractivity (Wildman–Crippen MR) is 89.7 cm³/mol. The Morgan fingerprint density at radius 2 is 2.24 bits per heavy atom. The Morgan fingerprint density at radius 1 is 1.44 bits per heavy atom. The number of nitrogens with zero attached hydrogens (tertiary/aromatic N) is 1. The van der Waals surface area contributed by atoms with Crippen molar-refractivity contribution in [1.29, 1.82) is 0 Å². The second-order valence-corrected chi connectivity index (χ2v) is 8.62.